The number of anilines is 1. The lowest BCUT2D eigenvalue weighted by Crippen LogP contribution is -2.33. The number of nitrogens with zero attached hydrogens (tertiary/aromatic N) is 5. The molecule has 3 aromatic rings. The quantitative estimate of drug-likeness (QED) is 0.648. The summed E-state index contributed by atoms with van der Waals surface area (Å²) in [4.78, 5) is 31.6. The van der Waals surface area contributed by atoms with Crippen molar-refractivity contribution in [3.05, 3.63) is 36.4 Å². The van der Waals surface area contributed by atoms with Gasteiger partial charge in [-0.3, -0.25) is 4.79 Å². The number of aryl methyl sites for hydroxylation is 1. The molecule has 0 saturated heterocycles. The van der Waals surface area contributed by atoms with E-state index in [1.165, 1.54) is 18.3 Å². The van der Waals surface area contributed by atoms with Crippen molar-refractivity contribution in [3.63, 3.8) is 0 Å². The molecule has 142 valence electrons. The maximum atomic E-state index is 12.7. The van der Waals surface area contributed by atoms with E-state index in [0.717, 1.165) is 18.4 Å². The van der Waals surface area contributed by atoms with Gasteiger partial charge in [-0.2, -0.15) is 0 Å². The smallest absolute Gasteiger partial charge is 0.266 e. The largest absolute Gasteiger partial charge is 0.464 e. The molecule has 0 radical (unpaired) electrons. The van der Waals surface area contributed by atoms with Gasteiger partial charge < -0.3 is 14.9 Å². The van der Waals surface area contributed by atoms with Crippen molar-refractivity contribution in [1.82, 2.24) is 24.9 Å². The van der Waals surface area contributed by atoms with Crippen LogP contribution in [0.25, 0.3) is 11.0 Å². The number of nitrogens with one attached hydrogen (secondary N) is 1. The summed E-state index contributed by atoms with van der Waals surface area (Å²) < 4.78 is 5.95. The van der Waals surface area contributed by atoms with Gasteiger partial charge in [0, 0.05) is 6.20 Å². The van der Waals surface area contributed by atoms with Gasteiger partial charge in [0.15, 0.2) is 6.10 Å². The van der Waals surface area contributed by atoms with Gasteiger partial charge in [-0.25, -0.2) is 15.0 Å². The minimum absolute atomic E-state index is 0.273. The van der Waals surface area contributed by atoms with Crippen LogP contribution in [-0.4, -0.2) is 44.0 Å². The molecule has 0 saturated carbocycles. The molecule has 9 nitrogen and oxygen atoms in total. The number of rotatable bonds is 8. The van der Waals surface area contributed by atoms with Gasteiger partial charge in [0.1, 0.15) is 24.6 Å². The van der Waals surface area contributed by atoms with E-state index in [2.05, 4.69) is 32.3 Å². The SMILES string of the molecule is CCCCC(Oc1ncnc2c1cnn2OC)C(=O)Nc1ccc(C)cn1. The first-order valence-corrected chi connectivity index (χ1v) is 8.75. The molecule has 1 amide bonds. The molecular formula is C18H22N6O3. The van der Waals surface area contributed by atoms with Gasteiger partial charge in [-0.05, 0) is 31.4 Å². The van der Waals surface area contributed by atoms with Crippen LogP contribution in [0, 0.1) is 6.92 Å². The Morgan fingerprint density at radius 3 is 2.81 bits per heavy atom. The first kappa shape index (κ1) is 18.6. The van der Waals surface area contributed by atoms with Crippen molar-refractivity contribution < 1.29 is 14.4 Å². The van der Waals surface area contributed by atoms with E-state index >= 15 is 0 Å². The van der Waals surface area contributed by atoms with Crippen LogP contribution in [0.15, 0.2) is 30.9 Å². The zero-order valence-corrected chi connectivity index (χ0v) is 15.5. The molecule has 3 aromatic heterocycles. The predicted molar refractivity (Wildman–Crippen MR) is 99.4 cm³/mol. The molecule has 1 N–H and O–H groups in total. The number of carbonyl (C=O) groups excluding carboxylic acids is 1. The first-order chi connectivity index (χ1) is 13.1. The molecule has 0 aromatic carbocycles. The fourth-order valence-electron chi connectivity index (χ4n) is 2.54. The molecule has 1 unspecified atom stereocenters. The second-order valence-electron chi connectivity index (χ2n) is 6.07. The lowest BCUT2D eigenvalue weighted by Gasteiger charge is -2.18. The van der Waals surface area contributed by atoms with Crippen LogP contribution in [0.3, 0.4) is 0 Å². The van der Waals surface area contributed by atoms with Crippen molar-refractivity contribution in [1.29, 1.82) is 0 Å². The molecule has 0 aliphatic carbocycles. The van der Waals surface area contributed by atoms with Crippen LogP contribution in [0.4, 0.5) is 5.82 Å². The van der Waals surface area contributed by atoms with Gasteiger partial charge >= 0.3 is 0 Å². The molecule has 0 aliphatic heterocycles. The molecular weight excluding hydrogens is 348 g/mol. The van der Waals surface area contributed by atoms with Gasteiger partial charge in [0.2, 0.25) is 11.5 Å². The monoisotopic (exact) mass is 370 g/mol. The third kappa shape index (κ3) is 4.30. The standard InChI is InChI=1S/C18H22N6O3/c1-4-5-6-14(17(25)23-15-8-7-12(2)9-19-15)27-18-13-10-22-24(26-3)16(13)20-11-21-18/h7-11,14H,4-6H2,1-3H3,(H,19,23,25). The van der Waals surface area contributed by atoms with E-state index in [0.29, 0.717) is 23.3 Å². The third-order valence-corrected chi connectivity index (χ3v) is 4.00. The highest BCUT2D eigenvalue weighted by molar-refractivity contribution is 5.93. The maximum absolute atomic E-state index is 12.7. The molecule has 27 heavy (non-hydrogen) atoms. The third-order valence-electron chi connectivity index (χ3n) is 4.00. The lowest BCUT2D eigenvalue weighted by atomic mass is 10.1. The minimum atomic E-state index is -0.711. The second kappa shape index (κ2) is 8.43. The molecule has 3 rings (SSSR count). The second-order valence-corrected chi connectivity index (χ2v) is 6.07. The Balaban J connectivity index is 1.81. The van der Waals surface area contributed by atoms with E-state index in [9.17, 15) is 4.79 Å². The number of ether oxygens (including phenoxy) is 1. The van der Waals surface area contributed by atoms with Crippen LogP contribution >= 0.6 is 0 Å². The average molecular weight is 370 g/mol. The molecule has 0 fully saturated rings. The summed E-state index contributed by atoms with van der Waals surface area (Å²) in [7, 11) is 1.49. The summed E-state index contributed by atoms with van der Waals surface area (Å²) in [5.74, 6) is 0.498. The summed E-state index contributed by atoms with van der Waals surface area (Å²) in [5, 5.41) is 7.44. The summed E-state index contributed by atoms with van der Waals surface area (Å²) >= 11 is 0. The molecule has 0 spiro atoms. The van der Waals surface area contributed by atoms with Crippen molar-refractivity contribution in [2.75, 3.05) is 12.4 Å². The molecule has 1 atom stereocenters. The van der Waals surface area contributed by atoms with E-state index in [1.54, 1.807) is 18.5 Å². The first-order valence-electron chi connectivity index (χ1n) is 8.75. The molecule has 3 heterocycles. The van der Waals surface area contributed by atoms with Crippen LogP contribution in [-0.2, 0) is 4.79 Å². The topological polar surface area (TPSA) is 104 Å². The van der Waals surface area contributed by atoms with Crippen LogP contribution < -0.4 is 14.9 Å². The summed E-state index contributed by atoms with van der Waals surface area (Å²) in [6.45, 7) is 3.99. The number of hydrogen-bond donors (Lipinski definition) is 1. The number of unbranched alkanes of at least 4 members (excludes halogenated alkanes) is 1. The van der Waals surface area contributed by atoms with Crippen molar-refractivity contribution in [2.45, 2.75) is 39.2 Å². The average Bonchev–Trinajstić information content (AvgIpc) is 3.11. The van der Waals surface area contributed by atoms with Gasteiger partial charge in [0.05, 0.1) is 6.20 Å². The van der Waals surface area contributed by atoms with Gasteiger partial charge in [-0.1, -0.05) is 24.3 Å². The number of aromatic nitrogens is 5. The number of fused-ring (bicyclic) bond motifs is 1. The van der Waals surface area contributed by atoms with E-state index in [-0.39, 0.29) is 11.8 Å². The number of amides is 1. The Kier molecular flexibility index (Phi) is 5.80. The fourth-order valence-corrected chi connectivity index (χ4v) is 2.54. The lowest BCUT2D eigenvalue weighted by molar-refractivity contribution is -0.123. The normalized spacial score (nSPS) is 12.0. The van der Waals surface area contributed by atoms with E-state index in [1.807, 2.05) is 13.0 Å². The Morgan fingerprint density at radius 1 is 1.26 bits per heavy atom. The van der Waals surface area contributed by atoms with Crippen molar-refractivity contribution in [2.24, 2.45) is 0 Å². The number of hydrogen-bond acceptors (Lipinski definition) is 7. The Labute approximate surface area is 156 Å². The summed E-state index contributed by atoms with van der Waals surface area (Å²) in [6.07, 6.45) is 6.22. The van der Waals surface area contributed by atoms with Crippen LogP contribution in [0.5, 0.6) is 5.88 Å². The van der Waals surface area contributed by atoms with Crippen LogP contribution in [0.2, 0.25) is 0 Å². The Hall–Kier alpha value is -3.23. The zero-order valence-electron chi connectivity index (χ0n) is 15.5. The Morgan fingerprint density at radius 2 is 2.11 bits per heavy atom. The summed E-state index contributed by atoms with van der Waals surface area (Å²) in [5.41, 5.74) is 1.49. The maximum Gasteiger partial charge on any atom is 0.266 e. The van der Waals surface area contributed by atoms with Crippen LogP contribution in [0.1, 0.15) is 31.7 Å². The zero-order chi connectivity index (χ0) is 19.2. The minimum Gasteiger partial charge on any atom is -0.464 e. The molecule has 9 heteroatoms. The van der Waals surface area contributed by atoms with Gasteiger partial charge in [-0.15, -0.1) is 5.10 Å². The molecule has 0 bridgehead atoms. The fraction of sp³-hybridized carbons (Fsp3) is 0.389. The van der Waals surface area contributed by atoms with E-state index < -0.39 is 6.10 Å². The number of carbonyl (C=O) groups is 1. The summed E-state index contributed by atoms with van der Waals surface area (Å²) in [6, 6.07) is 3.65. The highest BCUT2D eigenvalue weighted by Crippen LogP contribution is 2.23. The number of pyridine rings is 1. The Bertz CT molecular complexity index is 909. The van der Waals surface area contributed by atoms with E-state index in [4.69, 9.17) is 9.57 Å². The molecule has 0 aliphatic rings. The van der Waals surface area contributed by atoms with Gasteiger partial charge in [0.25, 0.3) is 5.91 Å². The van der Waals surface area contributed by atoms with Crippen molar-refractivity contribution >= 4 is 22.8 Å². The highest BCUT2D eigenvalue weighted by atomic mass is 16.7. The predicted octanol–water partition coefficient (Wildman–Crippen LogP) is 2.16. The van der Waals surface area contributed by atoms with Crippen molar-refractivity contribution in [3.8, 4) is 5.88 Å². The highest BCUT2D eigenvalue weighted by Gasteiger charge is 2.23.